The highest BCUT2D eigenvalue weighted by Crippen LogP contribution is 2.31. The second-order valence-electron chi connectivity index (χ2n) is 7.24. The number of carbonyl (C=O) groups excluding carboxylic acids is 1. The standard InChI is InChI=1S/C23H22N4O3/c28-23(18-6-2-1-3-7-18)19-9-10-21(22(16-19)27(29)30)26-14-12-25(13-15-26)17-20-8-4-5-11-24-20/h1-11,16H,12-15,17H2. The number of rotatable bonds is 6. The van der Waals surface area contributed by atoms with Crippen LogP contribution in [0.15, 0.2) is 72.9 Å². The van der Waals surface area contributed by atoms with Crippen molar-refractivity contribution in [3.63, 3.8) is 0 Å². The fourth-order valence-corrected chi connectivity index (χ4v) is 3.70. The molecule has 1 aromatic heterocycles. The summed E-state index contributed by atoms with van der Waals surface area (Å²) in [4.78, 5) is 32.7. The maximum absolute atomic E-state index is 12.7. The maximum atomic E-state index is 12.7. The first-order valence-corrected chi connectivity index (χ1v) is 9.87. The van der Waals surface area contributed by atoms with Crippen LogP contribution in [-0.2, 0) is 6.54 Å². The Labute approximate surface area is 174 Å². The third-order valence-corrected chi connectivity index (χ3v) is 5.30. The van der Waals surface area contributed by atoms with E-state index < -0.39 is 4.92 Å². The first-order valence-electron chi connectivity index (χ1n) is 9.87. The molecule has 0 bridgehead atoms. The zero-order valence-electron chi connectivity index (χ0n) is 16.5. The number of carbonyl (C=O) groups is 1. The van der Waals surface area contributed by atoms with E-state index in [1.807, 2.05) is 29.2 Å². The number of hydrogen-bond acceptors (Lipinski definition) is 6. The van der Waals surface area contributed by atoms with Crippen molar-refractivity contribution >= 4 is 17.2 Å². The third-order valence-electron chi connectivity index (χ3n) is 5.30. The van der Waals surface area contributed by atoms with E-state index in [4.69, 9.17) is 0 Å². The van der Waals surface area contributed by atoms with Crippen LogP contribution in [0.1, 0.15) is 21.6 Å². The molecular weight excluding hydrogens is 380 g/mol. The van der Waals surface area contributed by atoms with E-state index in [1.54, 1.807) is 42.6 Å². The molecule has 4 rings (SSSR count). The number of hydrogen-bond donors (Lipinski definition) is 0. The Morgan fingerprint density at radius 2 is 1.67 bits per heavy atom. The number of aromatic nitrogens is 1. The maximum Gasteiger partial charge on any atom is 0.293 e. The van der Waals surface area contributed by atoms with E-state index in [0.717, 1.165) is 25.3 Å². The van der Waals surface area contributed by atoms with Gasteiger partial charge in [0, 0.05) is 56.1 Å². The van der Waals surface area contributed by atoms with Gasteiger partial charge in [0.05, 0.1) is 10.6 Å². The SMILES string of the molecule is O=C(c1ccccc1)c1ccc(N2CCN(Cc3ccccn3)CC2)c([N+](=O)[O-])c1. The predicted octanol–water partition coefficient (Wildman–Crippen LogP) is 3.54. The van der Waals surface area contributed by atoms with Crippen molar-refractivity contribution in [1.82, 2.24) is 9.88 Å². The van der Waals surface area contributed by atoms with Gasteiger partial charge >= 0.3 is 0 Å². The molecule has 0 radical (unpaired) electrons. The van der Waals surface area contributed by atoms with Crippen LogP contribution in [0.25, 0.3) is 0 Å². The lowest BCUT2D eigenvalue weighted by Crippen LogP contribution is -2.46. The van der Waals surface area contributed by atoms with Crippen molar-refractivity contribution in [3.8, 4) is 0 Å². The topological polar surface area (TPSA) is 79.6 Å². The zero-order chi connectivity index (χ0) is 20.9. The van der Waals surface area contributed by atoms with Crippen molar-refractivity contribution in [1.29, 1.82) is 0 Å². The zero-order valence-corrected chi connectivity index (χ0v) is 16.5. The van der Waals surface area contributed by atoms with Gasteiger partial charge in [0.1, 0.15) is 5.69 Å². The summed E-state index contributed by atoms with van der Waals surface area (Å²) in [5.74, 6) is -0.217. The van der Waals surface area contributed by atoms with Gasteiger partial charge in [0.15, 0.2) is 5.78 Å². The molecule has 1 aliphatic heterocycles. The van der Waals surface area contributed by atoms with Crippen LogP contribution in [0, 0.1) is 10.1 Å². The number of piperazine rings is 1. The summed E-state index contributed by atoms with van der Waals surface area (Å²) in [5, 5.41) is 11.7. The van der Waals surface area contributed by atoms with Crippen LogP contribution in [0.2, 0.25) is 0 Å². The summed E-state index contributed by atoms with van der Waals surface area (Å²) < 4.78 is 0. The largest absolute Gasteiger partial charge is 0.363 e. The molecule has 2 aromatic carbocycles. The first kappa shape index (κ1) is 19.7. The van der Waals surface area contributed by atoms with Gasteiger partial charge in [0.25, 0.3) is 5.69 Å². The number of nitro groups is 1. The van der Waals surface area contributed by atoms with E-state index in [9.17, 15) is 14.9 Å². The van der Waals surface area contributed by atoms with Crippen molar-refractivity contribution in [3.05, 3.63) is 99.9 Å². The average Bonchev–Trinajstić information content (AvgIpc) is 2.80. The molecular formula is C23H22N4O3. The molecule has 1 aliphatic rings. The average molecular weight is 402 g/mol. The number of ketones is 1. The molecule has 1 saturated heterocycles. The lowest BCUT2D eigenvalue weighted by molar-refractivity contribution is -0.384. The summed E-state index contributed by atoms with van der Waals surface area (Å²) in [5.41, 5.74) is 2.38. The summed E-state index contributed by atoms with van der Waals surface area (Å²) in [6.45, 7) is 3.71. The summed E-state index contributed by atoms with van der Waals surface area (Å²) in [7, 11) is 0. The molecule has 0 amide bonds. The predicted molar refractivity (Wildman–Crippen MR) is 115 cm³/mol. The highest BCUT2D eigenvalue weighted by Gasteiger charge is 2.25. The van der Waals surface area contributed by atoms with Crippen molar-refractivity contribution in [2.24, 2.45) is 0 Å². The van der Waals surface area contributed by atoms with Crippen LogP contribution in [-0.4, -0.2) is 46.8 Å². The van der Waals surface area contributed by atoms with Gasteiger partial charge in [-0.25, -0.2) is 0 Å². The van der Waals surface area contributed by atoms with Gasteiger partial charge in [-0.2, -0.15) is 0 Å². The highest BCUT2D eigenvalue weighted by atomic mass is 16.6. The molecule has 0 unspecified atom stereocenters. The molecule has 30 heavy (non-hydrogen) atoms. The van der Waals surface area contributed by atoms with Crippen LogP contribution in [0.3, 0.4) is 0 Å². The summed E-state index contributed by atoms with van der Waals surface area (Å²) in [6.07, 6.45) is 1.78. The van der Waals surface area contributed by atoms with Crippen molar-refractivity contribution in [2.45, 2.75) is 6.54 Å². The number of nitrogens with zero attached hydrogens (tertiary/aromatic N) is 4. The highest BCUT2D eigenvalue weighted by molar-refractivity contribution is 6.09. The lowest BCUT2D eigenvalue weighted by atomic mass is 10.0. The first-order chi connectivity index (χ1) is 14.6. The molecule has 0 saturated carbocycles. The van der Waals surface area contributed by atoms with Crippen LogP contribution in [0.5, 0.6) is 0 Å². The third kappa shape index (κ3) is 4.36. The number of benzene rings is 2. The van der Waals surface area contributed by atoms with E-state index in [1.165, 1.54) is 6.07 Å². The fraction of sp³-hybridized carbons (Fsp3) is 0.217. The van der Waals surface area contributed by atoms with Crippen LogP contribution < -0.4 is 4.90 Å². The van der Waals surface area contributed by atoms with Gasteiger partial charge < -0.3 is 4.90 Å². The van der Waals surface area contributed by atoms with E-state index in [0.29, 0.717) is 29.9 Å². The van der Waals surface area contributed by atoms with E-state index >= 15 is 0 Å². The number of pyridine rings is 1. The van der Waals surface area contributed by atoms with Gasteiger partial charge in [-0.05, 0) is 24.3 Å². The normalized spacial score (nSPS) is 14.5. The molecule has 1 fully saturated rings. The molecule has 152 valence electrons. The Morgan fingerprint density at radius 1 is 0.933 bits per heavy atom. The minimum atomic E-state index is -0.405. The van der Waals surface area contributed by atoms with Gasteiger partial charge in [-0.3, -0.25) is 24.8 Å². The van der Waals surface area contributed by atoms with Gasteiger partial charge in [-0.15, -0.1) is 0 Å². The lowest BCUT2D eigenvalue weighted by Gasteiger charge is -2.35. The van der Waals surface area contributed by atoms with Crippen molar-refractivity contribution in [2.75, 3.05) is 31.1 Å². The smallest absolute Gasteiger partial charge is 0.293 e. The minimum absolute atomic E-state index is 0.0324. The minimum Gasteiger partial charge on any atom is -0.363 e. The molecule has 7 nitrogen and oxygen atoms in total. The molecule has 0 spiro atoms. The Balaban J connectivity index is 1.49. The molecule has 0 aliphatic carbocycles. The second kappa shape index (κ2) is 8.84. The van der Waals surface area contributed by atoms with Crippen molar-refractivity contribution < 1.29 is 9.72 Å². The number of anilines is 1. The van der Waals surface area contributed by atoms with Gasteiger partial charge in [-0.1, -0.05) is 36.4 Å². The molecule has 0 atom stereocenters. The Morgan fingerprint density at radius 3 is 2.33 bits per heavy atom. The summed E-state index contributed by atoms with van der Waals surface area (Å²) in [6, 6.07) is 19.4. The molecule has 0 N–H and O–H groups in total. The Kier molecular flexibility index (Phi) is 5.81. The Bertz CT molecular complexity index is 1030. The van der Waals surface area contributed by atoms with E-state index in [2.05, 4.69) is 9.88 Å². The van der Waals surface area contributed by atoms with E-state index in [-0.39, 0.29) is 11.5 Å². The monoisotopic (exact) mass is 402 g/mol. The fourth-order valence-electron chi connectivity index (χ4n) is 3.70. The number of nitro benzene ring substituents is 1. The quantitative estimate of drug-likeness (QED) is 0.356. The molecule has 2 heterocycles. The van der Waals surface area contributed by atoms with Gasteiger partial charge in [0.2, 0.25) is 0 Å². The Hall–Kier alpha value is -3.58. The van der Waals surface area contributed by atoms with Crippen LogP contribution >= 0.6 is 0 Å². The second-order valence-corrected chi connectivity index (χ2v) is 7.24. The summed E-state index contributed by atoms with van der Waals surface area (Å²) >= 11 is 0. The molecule has 7 heteroatoms. The van der Waals surface area contributed by atoms with Crippen LogP contribution in [0.4, 0.5) is 11.4 Å². The molecule has 3 aromatic rings.